The fraction of sp³-hybridized carbons (Fsp3) is 0.300. The number of rotatable bonds is 5. The molecule has 0 aliphatic carbocycles. The van der Waals surface area contributed by atoms with Gasteiger partial charge in [-0.1, -0.05) is 42.0 Å². The van der Waals surface area contributed by atoms with Crippen molar-refractivity contribution in [1.29, 1.82) is 0 Å². The predicted molar refractivity (Wildman–Crippen MR) is 96.8 cm³/mol. The molecule has 4 heteroatoms. The number of carbonyl (C=O) groups excluding carboxylic acids is 1. The van der Waals surface area contributed by atoms with E-state index in [-0.39, 0.29) is 11.9 Å². The fourth-order valence-electron chi connectivity index (χ4n) is 3.12. The van der Waals surface area contributed by atoms with E-state index in [9.17, 15) is 4.79 Å². The van der Waals surface area contributed by atoms with Gasteiger partial charge in [0, 0.05) is 6.54 Å². The van der Waals surface area contributed by atoms with E-state index in [2.05, 4.69) is 22.9 Å². The molecule has 0 fully saturated rings. The van der Waals surface area contributed by atoms with Crippen LogP contribution in [0, 0.1) is 6.92 Å². The van der Waals surface area contributed by atoms with Gasteiger partial charge in [-0.25, -0.2) is 4.98 Å². The fourth-order valence-corrected chi connectivity index (χ4v) is 3.12. The number of fused-ring (bicyclic) bond motifs is 1. The third-order valence-corrected chi connectivity index (χ3v) is 4.21. The first-order valence-corrected chi connectivity index (χ1v) is 8.38. The van der Waals surface area contributed by atoms with Crippen molar-refractivity contribution < 1.29 is 4.79 Å². The summed E-state index contributed by atoms with van der Waals surface area (Å²) in [7, 11) is 0. The van der Waals surface area contributed by atoms with Crippen molar-refractivity contribution in [2.75, 3.05) is 0 Å². The zero-order valence-electron chi connectivity index (χ0n) is 14.4. The van der Waals surface area contributed by atoms with Gasteiger partial charge in [-0.05, 0) is 38.5 Å². The van der Waals surface area contributed by atoms with E-state index in [1.54, 1.807) is 0 Å². The van der Waals surface area contributed by atoms with Crippen LogP contribution in [0.1, 0.15) is 36.8 Å². The molecule has 1 atom stereocenters. The third kappa shape index (κ3) is 3.32. The summed E-state index contributed by atoms with van der Waals surface area (Å²) < 4.78 is 2.16. The van der Waals surface area contributed by atoms with Gasteiger partial charge in [-0.2, -0.15) is 0 Å². The first-order chi connectivity index (χ1) is 11.6. The Balaban J connectivity index is 1.77. The second-order valence-corrected chi connectivity index (χ2v) is 6.16. The molecule has 1 amide bonds. The summed E-state index contributed by atoms with van der Waals surface area (Å²) in [4.78, 5) is 17.1. The van der Waals surface area contributed by atoms with Crippen molar-refractivity contribution in [2.45, 2.75) is 39.8 Å². The summed E-state index contributed by atoms with van der Waals surface area (Å²) in [5.41, 5.74) is 4.27. The molecule has 1 heterocycles. The Morgan fingerprint density at radius 2 is 2.00 bits per heavy atom. The summed E-state index contributed by atoms with van der Waals surface area (Å²) >= 11 is 0. The van der Waals surface area contributed by atoms with Crippen molar-refractivity contribution in [3.05, 3.63) is 65.5 Å². The highest BCUT2D eigenvalue weighted by Crippen LogP contribution is 2.20. The molecule has 124 valence electrons. The SMILES string of the molecule is CCn1c(C(C)NC(=O)Cc2cccc(C)c2)nc2ccccc21. The maximum absolute atomic E-state index is 12.4. The van der Waals surface area contributed by atoms with Gasteiger partial charge < -0.3 is 9.88 Å². The van der Waals surface area contributed by atoms with Crippen molar-refractivity contribution >= 4 is 16.9 Å². The number of hydrogen-bond donors (Lipinski definition) is 1. The van der Waals surface area contributed by atoms with Crippen LogP contribution >= 0.6 is 0 Å². The van der Waals surface area contributed by atoms with E-state index in [4.69, 9.17) is 4.98 Å². The Kier molecular flexibility index (Phi) is 4.65. The Hall–Kier alpha value is -2.62. The van der Waals surface area contributed by atoms with Gasteiger partial charge in [-0.3, -0.25) is 4.79 Å². The molecule has 3 rings (SSSR count). The average Bonchev–Trinajstić information content (AvgIpc) is 2.93. The lowest BCUT2D eigenvalue weighted by molar-refractivity contribution is -0.121. The number of aromatic nitrogens is 2. The molecule has 24 heavy (non-hydrogen) atoms. The van der Waals surface area contributed by atoms with Gasteiger partial charge in [0.1, 0.15) is 5.82 Å². The molecule has 1 N–H and O–H groups in total. The van der Waals surface area contributed by atoms with Gasteiger partial charge in [-0.15, -0.1) is 0 Å². The molecule has 2 aromatic carbocycles. The normalized spacial score (nSPS) is 12.3. The molecule has 0 aliphatic heterocycles. The maximum Gasteiger partial charge on any atom is 0.224 e. The minimum atomic E-state index is -0.130. The molecule has 0 radical (unpaired) electrons. The van der Waals surface area contributed by atoms with Crippen molar-refractivity contribution in [3.8, 4) is 0 Å². The second-order valence-electron chi connectivity index (χ2n) is 6.16. The van der Waals surface area contributed by atoms with E-state index in [1.165, 1.54) is 5.56 Å². The zero-order chi connectivity index (χ0) is 17.1. The molecule has 4 nitrogen and oxygen atoms in total. The monoisotopic (exact) mass is 321 g/mol. The van der Waals surface area contributed by atoms with Gasteiger partial charge in [0.05, 0.1) is 23.5 Å². The highest BCUT2D eigenvalue weighted by molar-refractivity contribution is 5.79. The van der Waals surface area contributed by atoms with Crippen LogP contribution in [0.25, 0.3) is 11.0 Å². The summed E-state index contributed by atoms with van der Waals surface area (Å²) in [6.45, 7) is 6.95. The van der Waals surface area contributed by atoms with Crippen LogP contribution in [0.5, 0.6) is 0 Å². The van der Waals surface area contributed by atoms with Crippen LogP contribution < -0.4 is 5.32 Å². The minimum Gasteiger partial charge on any atom is -0.346 e. The lowest BCUT2D eigenvalue weighted by Crippen LogP contribution is -2.30. The predicted octanol–water partition coefficient (Wildman–Crippen LogP) is 3.78. The van der Waals surface area contributed by atoms with Gasteiger partial charge in [0.25, 0.3) is 0 Å². The number of para-hydroxylation sites is 2. The van der Waals surface area contributed by atoms with E-state index >= 15 is 0 Å². The van der Waals surface area contributed by atoms with Crippen LogP contribution in [-0.4, -0.2) is 15.5 Å². The molecular weight excluding hydrogens is 298 g/mol. The lowest BCUT2D eigenvalue weighted by Gasteiger charge is -2.15. The minimum absolute atomic E-state index is 0.0165. The number of hydrogen-bond acceptors (Lipinski definition) is 2. The summed E-state index contributed by atoms with van der Waals surface area (Å²) in [6.07, 6.45) is 0.387. The van der Waals surface area contributed by atoms with Crippen LogP contribution in [0.2, 0.25) is 0 Å². The highest BCUT2D eigenvalue weighted by Gasteiger charge is 2.17. The van der Waals surface area contributed by atoms with E-state index in [0.717, 1.165) is 29.0 Å². The molecule has 1 unspecified atom stereocenters. The molecule has 0 aliphatic rings. The molecule has 0 saturated carbocycles. The van der Waals surface area contributed by atoms with Gasteiger partial charge in [0.15, 0.2) is 0 Å². The Morgan fingerprint density at radius 3 is 2.75 bits per heavy atom. The Morgan fingerprint density at radius 1 is 1.21 bits per heavy atom. The summed E-state index contributed by atoms with van der Waals surface area (Å²) in [5.74, 6) is 0.916. The smallest absolute Gasteiger partial charge is 0.224 e. The molecule has 0 saturated heterocycles. The molecule has 1 aromatic heterocycles. The summed E-state index contributed by atoms with van der Waals surface area (Å²) in [5, 5.41) is 3.08. The van der Waals surface area contributed by atoms with Crippen LogP contribution in [0.15, 0.2) is 48.5 Å². The third-order valence-electron chi connectivity index (χ3n) is 4.21. The number of imidazole rings is 1. The molecule has 0 bridgehead atoms. The van der Waals surface area contributed by atoms with E-state index < -0.39 is 0 Å². The number of benzene rings is 2. The first kappa shape index (κ1) is 16.2. The van der Waals surface area contributed by atoms with E-state index in [0.29, 0.717) is 6.42 Å². The van der Waals surface area contributed by atoms with Crippen molar-refractivity contribution in [3.63, 3.8) is 0 Å². The first-order valence-electron chi connectivity index (χ1n) is 8.38. The average molecular weight is 321 g/mol. The highest BCUT2D eigenvalue weighted by atomic mass is 16.1. The Bertz CT molecular complexity index is 866. The second kappa shape index (κ2) is 6.87. The number of nitrogens with one attached hydrogen (secondary N) is 1. The lowest BCUT2D eigenvalue weighted by atomic mass is 10.1. The van der Waals surface area contributed by atoms with Gasteiger partial charge in [0.2, 0.25) is 5.91 Å². The van der Waals surface area contributed by atoms with Crippen molar-refractivity contribution in [1.82, 2.24) is 14.9 Å². The van der Waals surface area contributed by atoms with Crippen LogP contribution in [0.4, 0.5) is 0 Å². The molecule has 3 aromatic rings. The maximum atomic E-state index is 12.4. The number of carbonyl (C=O) groups is 1. The molecular formula is C20H23N3O. The standard InChI is InChI=1S/C20H23N3O/c1-4-23-18-11-6-5-10-17(18)22-20(23)15(3)21-19(24)13-16-9-7-8-14(2)12-16/h5-12,15H,4,13H2,1-3H3,(H,21,24). The largest absolute Gasteiger partial charge is 0.346 e. The quantitative estimate of drug-likeness (QED) is 0.777. The summed E-state index contributed by atoms with van der Waals surface area (Å²) in [6, 6.07) is 16.0. The van der Waals surface area contributed by atoms with Crippen LogP contribution in [0.3, 0.4) is 0 Å². The Labute approximate surface area is 142 Å². The zero-order valence-corrected chi connectivity index (χ0v) is 14.4. The number of amides is 1. The van der Waals surface area contributed by atoms with E-state index in [1.807, 2.05) is 56.3 Å². The molecule has 0 spiro atoms. The topological polar surface area (TPSA) is 46.9 Å². The van der Waals surface area contributed by atoms with Gasteiger partial charge >= 0.3 is 0 Å². The van der Waals surface area contributed by atoms with Crippen molar-refractivity contribution in [2.24, 2.45) is 0 Å². The number of aryl methyl sites for hydroxylation is 2. The number of nitrogens with zero attached hydrogens (tertiary/aromatic N) is 2. The van der Waals surface area contributed by atoms with Crippen LogP contribution in [-0.2, 0) is 17.8 Å².